The summed E-state index contributed by atoms with van der Waals surface area (Å²) in [5, 5.41) is 17.4. The molecular weight excluding hydrogens is 174 g/mol. The topological polar surface area (TPSA) is 101 Å². The number of hydrogen-bond acceptors (Lipinski definition) is 3. The molecular formula is C8H11NO4. The number of nitrogens with two attached hydrogens (primary N) is 1. The van der Waals surface area contributed by atoms with E-state index < -0.39 is 23.4 Å². The Morgan fingerprint density at radius 3 is 2.38 bits per heavy atom. The number of hydrogen-bond donors (Lipinski definition) is 3. The van der Waals surface area contributed by atoms with E-state index in [0.29, 0.717) is 0 Å². The second-order valence-electron chi connectivity index (χ2n) is 3.31. The van der Waals surface area contributed by atoms with Gasteiger partial charge in [0.05, 0.1) is 0 Å². The molecule has 4 N–H and O–H groups in total. The molecule has 1 aliphatic rings. The van der Waals surface area contributed by atoms with Gasteiger partial charge in [-0.25, -0.2) is 4.79 Å². The Hall–Kier alpha value is -1.36. The number of aliphatic carboxylic acids is 2. The van der Waals surface area contributed by atoms with Gasteiger partial charge >= 0.3 is 11.9 Å². The molecule has 0 aromatic heterocycles. The Bertz CT molecular complexity index is 297. The first kappa shape index (κ1) is 9.73. The lowest BCUT2D eigenvalue weighted by atomic mass is 9.88. The fraction of sp³-hybridized carbons (Fsp3) is 0.500. The lowest BCUT2D eigenvalue weighted by Gasteiger charge is -2.23. The van der Waals surface area contributed by atoms with Crippen molar-refractivity contribution in [2.75, 3.05) is 0 Å². The summed E-state index contributed by atoms with van der Waals surface area (Å²) < 4.78 is 0. The average molecular weight is 185 g/mol. The summed E-state index contributed by atoms with van der Waals surface area (Å²) in [4.78, 5) is 21.3. The van der Waals surface area contributed by atoms with Crippen molar-refractivity contribution in [3.63, 3.8) is 0 Å². The third-order valence-electron chi connectivity index (χ3n) is 2.42. The first-order valence-corrected chi connectivity index (χ1v) is 3.84. The Balaban J connectivity index is 2.92. The van der Waals surface area contributed by atoms with Crippen LogP contribution in [0.15, 0.2) is 11.6 Å². The van der Waals surface area contributed by atoms with E-state index in [1.807, 2.05) is 0 Å². The molecule has 1 rings (SSSR count). The van der Waals surface area contributed by atoms with E-state index in [9.17, 15) is 9.59 Å². The fourth-order valence-corrected chi connectivity index (χ4v) is 1.40. The Morgan fingerprint density at radius 1 is 1.62 bits per heavy atom. The molecule has 5 heteroatoms. The molecule has 0 amide bonds. The summed E-state index contributed by atoms with van der Waals surface area (Å²) in [7, 11) is 0. The van der Waals surface area contributed by atoms with E-state index in [1.54, 1.807) is 6.92 Å². The lowest BCUT2D eigenvalue weighted by molar-refractivity contribution is -0.144. The van der Waals surface area contributed by atoms with E-state index in [-0.39, 0.29) is 12.0 Å². The van der Waals surface area contributed by atoms with Crippen molar-refractivity contribution in [3.8, 4) is 0 Å². The highest BCUT2D eigenvalue weighted by atomic mass is 16.4. The Morgan fingerprint density at radius 2 is 2.15 bits per heavy atom. The zero-order valence-corrected chi connectivity index (χ0v) is 7.15. The van der Waals surface area contributed by atoms with Gasteiger partial charge in [0.2, 0.25) is 0 Å². The van der Waals surface area contributed by atoms with Crippen LogP contribution in [-0.4, -0.2) is 27.7 Å². The minimum Gasteiger partial charge on any atom is -0.480 e. The first-order chi connectivity index (χ1) is 5.88. The van der Waals surface area contributed by atoms with Gasteiger partial charge in [-0.05, 0) is 0 Å². The van der Waals surface area contributed by atoms with E-state index in [4.69, 9.17) is 15.9 Å². The van der Waals surface area contributed by atoms with Crippen LogP contribution in [0.4, 0.5) is 0 Å². The van der Waals surface area contributed by atoms with Gasteiger partial charge in [0.25, 0.3) is 0 Å². The van der Waals surface area contributed by atoms with Gasteiger partial charge in [-0.15, -0.1) is 0 Å². The van der Waals surface area contributed by atoms with E-state index in [0.717, 1.165) is 0 Å². The molecule has 0 saturated carbocycles. The third-order valence-corrected chi connectivity index (χ3v) is 2.42. The SMILES string of the molecule is C[C@@H]1C=C(C(=O)O)C[C@@]1(N)C(=O)O. The van der Waals surface area contributed by atoms with Crippen LogP contribution in [-0.2, 0) is 9.59 Å². The normalized spacial score (nSPS) is 32.8. The molecule has 2 atom stereocenters. The molecule has 13 heavy (non-hydrogen) atoms. The second-order valence-corrected chi connectivity index (χ2v) is 3.31. The molecule has 1 aliphatic carbocycles. The average Bonchev–Trinajstić information content (AvgIpc) is 2.30. The van der Waals surface area contributed by atoms with E-state index in [2.05, 4.69) is 0 Å². The highest BCUT2D eigenvalue weighted by Crippen LogP contribution is 2.32. The molecule has 72 valence electrons. The molecule has 0 bridgehead atoms. The zero-order chi connectivity index (χ0) is 10.2. The van der Waals surface area contributed by atoms with Crippen LogP contribution in [0.25, 0.3) is 0 Å². The van der Waals surface area contributed by atoms with Crippen molar-refractivity contribution in [2.24, 2.45) is 11.7 Å². The number of carbonyl (C=O) groups is 2. The van der Waals surface area contributed by atoms with Crippen LogP contribution < -0.4 is 5.73 Å². The van der Waals surface area contributed by atoms with E-state index in [1.165, 1.54) is 6.08 Å². The number of carboxylic acids is 2. The predicted octanol–water partition coefficient (Wildman–Crippen LogP) is -0.181. The zero-order valence-electron chi connectivity index (χ0n) is 7.15. The van der Waals surface area contributed by atoms with Crippen LogP contribution in [0.5, 0.6) is 0 Å². The van der Waals surface area contributed by atoms with Crippen molar-refractivity contribution >= 4 is 11.9 Å². The molecule has 0 unspecified atom stereocenters. The number of rotatable bonds is 2. The fourth-order valence-electron chi connectivity index (χ4n) is 1.40. The molecule has 0 fully saturated rings. The van der Waals surface area contributed by atoms with Gasteiger partial charge in [0.15, 0.2) is 0 Å². The van der Waals surface area contributed by atoms with Gasteiger partial charge in [-0.3, -0.25) is 4.79 Å². The molecule has 5 nitrogen and oxygen atoms in total. The van der Waals surface area contributed by atoms with Gasteiger partial charge in [0, 0.05) is 17.9 Å². The molecule has 0 radical (unpaired) electrons. The molecule has 0 spiro atoms. The maximum absolute atomic E-state index is 10.8. The minimum absolute atomic E-state index is 0.0809. The van der Waals surface area contributed by atoms with Crippen molar-refractivity contribution < 1.29 is 19.8 Å². The van der Waals surface area contributed by atoms with Crippen molar-refractivity contribution in [1.82, 2.24) is 0 Å². The highest BCUT2D eigenvalue weighted by Gasteiger charge is 2.45. The molecule has 0 aromatic carbocycles. The monoisotopic (exact) mass is 185 g/mol. The molecule has 0 saturated heterocycles. The standard InChI is InChI=1S/C8H11NO4/c1-4-2-5(6(10)11)3-8(4,9)7(12)13/h2,4H,3,9H2,1H3,(H,10,11)(H,12,13)/t4-,8+/m1/s1. The summed E-state index contributed by atoms with van der Waals surface area (Å²) >= 11 is 0. The predicted molar refractivity (Wildman–Crippen MR) is 44.1 cm³/mol. The van der Waals surface area contributed by atoms with Crippen LogP contribution in [0.2, 0.25) is 0 Å². The van der Waals surface area contributed by atoms with Gasteiger partial charge < -0.3 is 15.9 Å². The van der Waals surface area contributed by atoms with Crippen LogP contribution >= 0.6 is 0 Å². The van der Waals surface area contributed by atoms with Crippen molar-refractivity contribution in [1.29, 1.82) is 0 Å². The Labute approximate surface area is 74.8 Å². The minimum atomic E-state index is -1.45. The second kappa shape index (κ2) is 2.85. The summed E-state index contributed by atoms with van der Waals surface area (Å²) in [6.45, 7) is 1.60. The van der Waals surface area contributed by atoms with Gasteiger partial charge in [0.1, 0.15) is 5.54 Å². The van der Waals surface area contributed by atoms with Gasteiger partial charge in [-0.2, -0.15) is 0 Å². The van der Waals surface area contributed by atoms with Gasteiger partial charge in [-0.1, -0.05) is 13.0 Å². The third kappa shape index (κ3) is 1.42. The van der Waals surface area contributed by atoms with Crippen LogP contribution in [0, 0.1) is 5.92 Å². The number of carboxylic acid groups (broad SMARTS) is 2. The maximum Gasteiger partial charge on any atom is 0.331 e. The van der Waals surface area contributed by atoms with E-state index >= 15 is 0 Å². The summed E-state index contributed by atoms with van der Waals surface area (Å²) in [5.41, 5.74) is 4.19. The Kier molecular flexibility index (Phi) is 2.13. The summed E-state index contributed by atoms with van der Waals surface area (Å²) in [6, 6.07) is 0. The highest BCUT2D eigenvalue weighted by molar-refractivity contribution is 5.91. The summed E-state index contributed by atoms with van der Waals surface area (Å²) in [5.74, 6) is -2.70. The van der Waals surface area contributed by atoms with Crippen molar-refractivity contribution in [3.05, 3.63) is 11.6 Å². The summed E-state index contributed by atoms with van der Waals surface area (Å²) in [6.07, 6.45) is 1.29. The van der Waals surface area contributed by atoms with Crippen molar-refractivity contribution in [2.45, 2.75) is 18.9 Å². The molecule has 0 aromatic rings. The largest absolute Gasteiger partial charge is 0.480 e. The smallest absolute Gasteiger partial charge is 0.331 e. The first-order valence-electron chi connectivity index (χ1n) is 3.84. The van der Waals surface area contributed by atoms with Crippen LogP contribution in [0.3, 0.4) is 0 Å². The lowest BCUT2D eigenvalue weighted by Crippen LogP contribution is -2.50. The van der Waals surface area contributed by atoms with Crippen LogP contribution in [0.1, 0.15) is 13.3 Å². The molecule has 0 aliphatic heterocycles. The molecule has 0 heterocycles. The maximum atomic E-state index is 10.8. The quantitative estimate of drug-likeness (QED) is 0.554.